The minimum Gasteiger partial charge on any atom is -0.263 e. The van der Waals surface area contributed by atoms with Crippen LogP contribution in [0.5, 0.6) is 0 Å². The Bertz CT molecular complexity index is 465. The second-order valence-electron chi connectivity index (χ2n) is 3.54. The van der Waals surface area contributed by atoms with Crippen molar-refractivity contribution in [3.8, 4) is 0 Å². The first-order valence-electron chi connectivity index (χ1n) is 4.84. The molecule has 4 heteroatoms. The minimum atomic E-state index is 0.417. The molecular weight excluding hydrogens is 320 g/mol. The molecule has 0 amide bonds. The Morgan fingerprint density at radius 1 is 1.40 bits per heavy atom. The van der Waals surface area contributed by atoms with E-state index < -0.39 is 0 Å². The molecule has 0 fully saturated rings. The van der Waals surface area contributed by atoms with Gasteiger partial charge in [-0.15, -0.1) is 0 Å². The number of para-hydroxylation sites is 1. The lowest BCUT2D eigenvalue weighted by atomic mass is 10.2. The van der Waals surface area contributed by atoms with Crippen molar-refractivity contribution in [1.82, 2.24) is 9.78 Å². The van der Waals surface area contributed by atoms with Crippen LogP contribution in [-0.4, -0.2) is 19.9 Å². The Balaban J connectivity index is 2.43. The van der Waals surface area contributed by atoms with E-state index >= 15 is 0 Å². The molecule has 0 radical (unpaired) electrons. The Kier molecular flexibility index (Phi) is 3.46. The quantitative estimate of drug-likeness (QED) is 0.787. The predicted molar refractivity (Wildman–Crippen MR) is 71.0 cm³/mol. The van der Waals surface area contributed by atoms with Crippen molar-refractivity contribution < 1.29 is 0 Å². The first-order chi connectivity index (χ1) is 7.22. The van der Waals surface area contributed by atoms with Crippen molar-refractivity contribution in [2.75, 3.05) is 5.33 Å². The second-order valence-corrected chi connectivity index (χ2v) is 5.48. The molecule has 2 nitrogen and oxygen atoms in total. The Morgan fingerprint density at radius 3 is 2.87 bits per heavy atom. The van der Waals surface area contributed by atoms with Gasteiger partial charge >= 0.3 is 0 Å². The predicted octanol–water partition coefficient (Wildman–Crippen LogP) is 3.50. The number of benzene rings is 1. The van der Waals surface area contributed by atoms with Gasteiger partial charge in [-0.1, -0.05) is 50.1 Å². The number of aryl methyl sites for hydroxylation is 1. The Labute approximate surface area is 106 Å². The summed E-state index contributed by atoms with van der Waals surface area (Å²) in [5.74, 6) is 0. The highest BCUT2D eigenvalue weighted by Gasteiger charge is 2.09. The molecule has 1 aromatic heterocycles. The molecule has 1 aromatic carbocycles. The maximum Gasteiger partial charge on any atom is 0.0685 e. The number of hydrogen-bond acceptors (Lipinski definition) is 1. The zero-order chi connectivity index (χ0) is 10.8. The number of halogens is 2. The fourth-order valence-electron chi connectivity index (χ4n) is 1.67. The SMILES string of the molecule is Cc1nn(CC(Br)CBr)c2ccccc12. The van der Waals surface area contributed by atoms with Gasteiger partial charge < -0.3 is 0 Å². The number of fused-ring (bicyclic) bond motifs is 1. The van der Waals surface area contributed by atoms with Crippen LogP contribution in [0.3, 0.4) is 0 Å². The first-order valence-corrected chi connectivity index (χ1v) is 6.88. The largest absolute Gasteiger partial charge is 0.263 e. The van der Waals surface area contributed by atoms with Gasteiger partial charge in [-0.05, 0) is 13.0 Å². The molecule has 2 rings (SSSR count). The molecule has 80 valence electrons. The summed E-state index contributed by atoms with van der Waals surface area (Å²) in [4.78, 5) is 0.417. The number of hydrogen-bond donors (Lipinski definition) is 0. The topological polar surface area (TPSA) is 17.8 Å². The summed E-state index contributed by atoms with van der Waals surface area (Å²) < 4.78 is 2.06. The first kappa shape index (κ1) is 11.1. The molecule has 0 saturated heterocycles. The van der Waals surface area contributed by atoms with Crippen molar-refractivity contribution in [2.24, 2.45) is 0 Å². The van der Waals surface area contributed by atoms with E-state index in [9.17, 15) is 0 Å². The van der Waals surface area contributed by atoms with Crippen LogP contribution in [0.4, 0.5) is 0 Å². The highest BCUT2D eigenvalue weighted by atomic mass is 79.9. The van der Waals surface area contributed by atoms with Crippen LogP contribution in [0.15, 0.2) is 24.3 Å². The fraction of sp³-hybridized carbons (Fsp3) is 0.364. The monoisotopic (exact) mass is 330 g/mol. The molecule has 0 saturated carbocycles. The average molecular weight is 332 g/mol. The molecule has 0 aliphatic heterocycles. The van der Waals surface area contributed by atoms with Crippen molar-refractivity contribution in [2.45, 2.75) is 18.3 Å². The number of alkyl halides is 2. The molecule has 0 spiro atoms. The van der Waals surface area contributed by atoms with Crippen LogP contribution in [0.2, 0.25) is 0 Å². The van der Waals surface area contributed by atoms with Gasteiger partial charge in [-0.2, -0.15) is 5.10 Å². The summed E-state index contributed by atoms with van der Waals surface area (Å²) >= 11 is 7.06. The Morgan fingerprint density at radius 2 is 2.13 bits per heavy atom. The number of nitrogens with zero attached hydrogens (tertiary/aromatic N) is 2. The highest BCUT2D eigenvalue weighted by Crippen LogP contribution is 2.19. The normalized spacial score (nSPS) is 13.3. The molecule has 0 aliphatic carbocycles. The van der Waals surface area contributed by atoms with E-state index in [0.29, 0.717) is 4.83 Å². The molecule has 1 unspecified atom stereocenters. The van der Waals surface area contributed by atoms with E-state index in [4.69, 9.17) is 0 Å². The smallest absolute Gasteiger partial charge is 0.0685 e. The van der Waals surface area contributed by atoms with Crippen LogP contribution >= 0.6 is 31.9 Å². The molecule has 0 N–H and O–H groups in total. The fourth-order valence-corrected chi connectivity index (χ4v) is 2.15. The molecular formula is C11H12Br2N2. The van der Waals surface area contributed by atoms with Crippen molar-refractivity contribution in [3.63, 3.8) is 0 Å². The maximum atomic E-state index is 4.54. The number of rotatable bonds is 3. The summed E-state index contributed by atoms with van der Waals surface area (Å²) in [5, 5.41) is 6.72. The van der Waals surface area contributed by atoms with Gasteiger partial charge in [0.1, 0.15) is 0 Å². The second kappa shape index (κ2) is 4.66. The third-order valence-electron chi connectivity index (χ3n) is 2.38. The van der Waals surface area contributed by atoms with Crippen LogP contribution in [0, 0.1) is 6.92 Å². The maximum absolute atomic E-state index is 4.54. The van der Waals surface area contributed by atoms with Crippen molar-refractivity contribution in [1.29, 1.82) is 0 Å². The van der Waals surface area contributed by atoms with E-state index in [1.807, 2.05) is 0 Å². The zero-order valence-corrected chi connectivity index (χ0v) is 11.6. The molecule has 2 aromatic rings. The Hall–Kier alpha value is -0.350. The van der Waals surface area contributed by atoms with Crippen molar-refractivity contribution >= 4 is 42.8 Å². The van der Waals surface area contributed by atoms with E-state index in [0.717, 1.165) is 17.6 Å². The summed E-state index contributed by atoms with van der Waals surface area (Å²) in [7, 11) is 0. The summed E-state index contributed by atoms with van der Waals surface area (Å²) in [6.45, 7) is 2.94. The highest BCUT2D eigenvalue weighted by molar-refractivity contribution is 9.12. The molecule has 0 bridgehead atoms. The lowest BCUT2D eigenvalue weighted by molar-refractivity contribution is 0.636. The van der Waals surface area contributed by atoms with E-state index in [1.54, 1.807) is 0 Å². The molecule has 0 aliphatic rings. The van der Waals surface area contributed by atoms with Gasteiger partial charge in [0.2, 0.25) is 0 Å². The lowest BCUT2D eigenvalue weighted by Gasteiger charge is -2.06. The van der Waals surface area contributed by atoms with Gasteiger partial charge in [-0.3, -0.25) is 4.68 Å². The van der Waals surface area contributed by atoms with Gasteiger partial charge in [0.25, 0.3) is 0 Å². The van der Waals surface area contributed by atoms with Gasteiger partial charge in [0.05, 0.1) is 17.8 Å². The van der Waals surface area contributed by atoms with E-state index in [-0.39, 0.29) is 0 Å². The van der Waals surface area contributed by atoms with E-state index in [1.165, 1.54) is 10.9 Å². The molecule has 1 atom stereocenters. The van der Waals surface area contributed by atoms with Gasteiger partial charge in [-0.25, -0.2) is 0 Å². The number of aromatic nitrogens is 2. The third-order valence-corrected chi connectivity index (χ3v) is 4.64. The van der Waals surface area contributed by atoms with Crippen LogP contribution in [-0.2, 0) is 6.54 Å². The van der Waals surface area contributed by atoms with Crippen LogP contribution in [0.1, 0.15) is 5.69 Å². The van der Waals surface area contributed by atoms with Gasteiger partial charge in [0.15, 0.2) is 0 Å². The molecule has 15 heavy (non-hydrogen) atoms. The third kappa shape index (κ3) is 2.26. The lowest BCUT2D eigenvalue weighted by Crippen LogP contribution is -2.12. The van der Waals surface area contributed by atoms with Crippen LogP contribution in [0.25, 0.3) is 10.9 Å². The zero-order valence-electron chi connectivity index (χ0n) is 8.45. The van der Waals surface area contributed by atoms with E-state index in [2.05, 4.69) is 72.8 Å². The molecule has 1 heterocycles. The summed E-state index contributed by atoms with van der Waals surface area (Å²) in [5.41, 5.74) is 2.31. The standard InChI is InChI=1S/C11H12Br2N2/c1-8-10-4-2-3-5-11(10)15(14-8)7-9(13)6-12/h2-5,9H,6-7H2,1H3. The van der Waals surface area contributed by atoms with Gasteiger partial charge in [0, 0.05) is 15.5 Å². The summed E-state index contributed by atoms with van der Waals surface area (Å²) in [6, 6.07) is 8.34. The summed E-state index contributed by atoms with van der Waals surface area (Å²) in [6.07, 6.45) is 0. The average Bonchev–Trinajstić information content (AvgIpc) is 2.57. The van der Waals surface area contributed by atoms with Crippen molar-refractivity contribution in [3.05, 3.63) is 30.0 Å². The van der Waals surface area contributed by atoms with Crippen LogP contribution < -0.4 is 0 Å². The minimum absolute atomic E-state index is 0.417.